The van der Waals surface area contributed by atoms with Gasteiger partial charge in [-0.3, -0.25) is 0 Å². The van der Waals surface area contributed by atoms with Gasteiger partial charge >= 0.3 is 0 Å². The second kappa shape index (κ2) is 8.28. The molecule has 4 nitrogen and oxygen atoms in total. The third kappa shape index (κ3) is 6.49. The normalized spacial score (nSPS) is 17.4. The Kier molecular flexibility index (Phi) is 7.38. The first-order valence-corrected chi connectivity index (χ1v) is 10.5. The maximum absolute atomic E-state index is 8.49. The van der Waals surface area contributed by atoms with Crippen LogP contribution in [0.25, 0.3) is 0 Å². The number of unbranched alkanes of at least 4 members (excludes halogenated alkanes) is 1. The molecule has 1 fully saturated rings. The molecule has 1 aromatic rings. The summed E-state index contributed by atoms with van der Waals surface area (Å²) in [5.41, 5.74) is 0. The smallest absolute Gasteiger partial charge is 0.0939 e. The van der Waals surface area contributed by atoms with Gasteiger partial charge in [-0.25, -0.2) is 18.6 Å². The highest BCUT2D eigenvalue weighted by Gasteiger charge is 2.42. The molecule has 0 aromatic heterocycles. The molecule has 1 saturated heterocycles. The van der Waals surface area contributed by atoms with Gasteiger partial charge < -0.3 is 0 Å². The lowest BCUT2D eigenvalue weighted by Crippen LogP contribution is -2.68. The standard InChI is InChI=1S/C14H22P.ClHO4/c1-2-3-11-15(12-7-8-13-15)14-9-5-4-6-10-14;2-1(3,4)5/h4-6,9-10H,2-3,7-8,11-13H2,1H3;(H,2,3,4,5)/q+1;/p-1. The third-order valence-corrected chi connectivity index (χ3v) is 8.58. The molecular weight excluding hydrogens is 299 g/mol. The van der Waals surface area contributed by atoms with Gasteiger partial charge in [-0.2, -0.15) is 0 Å². The molecule has 0 bridgehead atoms. The van der Waals surface area contributed by atoms with E-state index in [1.165, 1.54) is 44.2 Å². The van der Waals surface area contributed by atoms with Crippen molar-refractivity contribution in [2.75, 3.05) is 18.5 Å². The Labute approximate surface area is 123 Å². The van der Waals surface area contributed by atoms with E-state index in [1.807, 2.05) is 0 Å². The fraction of sp³-hybridized carbons (Fsp3) is 0.571. The molecule has 1 aliphatic heterocycles. The van der Waals surface area contributed by atoms with Crippen molar-refractivity contribution < 1.29 is 28.9 Å². The third-order valence-electron chi connectivity index (χ3n) is 3.67. The molecule has 1 aliphatic rings. The lowest BCUT2D eigenvalue weighted by molar-refractivity contribution is -2.00. The zero-order valence-electron chi connectivity index (χ0n) is 11.8. The number of hydrogen-bond donors (Lipinski definition) is 0. The summed E-state index contributed by atoms with van der Waals surface area (Å²) in [6.07, 6.45) is 10.3. The van der Waals surface area contributed by atoms with Gasteiger partial charge in [0.15, 0.2) is 0 Å². The lowest BCUT2D eigenvalue weighted by Gasteiger charge is -2.21. The molecule has 0 unspecified atom stereocenters. The van der Waals surface area contributed by atoms with Gasteiger partial charge in [0.05, 0.1) is 23.8 Å². The quantitative estimate of drug-likeness (QED) is 0.677. The minimum absolute atomic E-state index is 0.716. The molecule has 0 aliphatic carbocycles. The molecule has 0 spiro atoms. The van der Waals surface area contributed by atoms with Crippen molar-refractivity contribution >= 4 is 12.6 Å². The van der Waals surface area contributed by atoms with Crippen LogP contribution in [0.15, 0.2) is 30.3 Å². The summed E-state index contributed by atoms with van der Waals surface area (Å²) < 4.78 is 34.0. The second-order valence-corrected chi connectivity index (χ2v) is 9.99. The van der Waals surface area contributed by atoms with Gasteiger partial charge in [0.1, 0.15) is 0 Å². The Morgan fingerprint density at radius 2 is 1.50 bits per heavy atom. The minimum atomic E-state index is -4.94. The van der Waals surface area contributed by atoms with Crippen molar-refractivity contribution in [2.45, 2.75) is 32.6 Å². The maximum Gasteiger partial charge on any atom is 0.0939 e. The van der Waals surface area contributed by atoms with Crippen LogP contribution in [0, 0.1) is 10.2 Å². The van der Waals surface area contributed by atoms with Crippen molar-refractivity contribution in [3.63, 3.8) is 0 Å². The average Bonchev–Trinajstić information content (AvgIpc) is 2.85. The predicted molar refractivity (Wildman–Crippen MR) is 71.7 cm³/mol. The summed E-state index contributed by atoms with van der Waals surface area (Å²) in [5.74, 6) is 0. The summed E-state index contributed by atoms with van der Waals surface area (Å²) >= 11 is 0. The number of benzene rings is 1. The number of rotatable bonds is 4. The van der Waals surface area contributed by atoms with Crippen LogP contribution in [0.5, 0.6) is 0 Å². The fourth-order valence-electron chi connectivity index (χ4n) is 2.76. The van der Waals surface area contributed by atoms with Gasteiger partial charge in [-0.1, -0.05) is 31.5 Å². The highest BCUT2D eigenvalue weighted by Crippen LogP contribution is 2.62. The number of hydrogen-bond acceptors (Lipinski definition) is 4. The van der Waals surface area contributed by atoms with Crippen molar-refractivity contribution in [3.8, 4) is 0 Å². The predicted octanol–water partition coefficient (Wildman–Crippen LogP) is -0.833. The van der Waals surface area contributed by atoms with Crippen LogP contribution < -0.4 is 23.9 Å². The Bertz CT molecular complexity index is 369. The van der Waals surface area contributed by atoms with Crippen molar-refractivity contribution in [1.29, 1.82) is 0 Å². The highest BCUT2D eigenvalue weighted by atomic mass is 35.7. The zero-order valence-corrected chi connectivity index (χ0v) is 13.4. The van der Waals surface area contributed by atoms with E-state index < -0.39 is 17.5 Å². The van der Waals surface area contributed by atoms with Crippen LogP contribution in [-0.2, 0) is 0 Å². The molecule has 0 N–H and O–H groups in total. The van der Waals surface area contributed by atoms with Crippen molar-refractivity contribution in [3.05, 3.63) is 30.3 Å². The van der Waals surface area contributed by atoms with E-state index in [9.17, 15) is 0 Å². The SMILES string of the molecule is CCCC[P+]1(c2ccccc2)CCCC1.[O-][Cl+3]([O-])([O-])[O-]. The van der Waals surface area contributed by atoms with E-state index in [2.05, 4.69) is 37.3 Å². The molecule has 0 saturated carbocycles. The molecule has 114 valence electrons. The first-order valence-electron chi connectivity index (χ1n) is 6.91. The summed E-state index contributed by atoms with van der Waals surface area (Å²) in [7, 11) is -5.66. The molecule has 0 radical (unpaired) electrons. The Hall–Kier alpha value is -0.220. The van der Waals surface area contributed by atoms with Gasteiger partial charge in [-0.05, 0) is 31.4 Å². The zero-order chi connectivity index (χ0) is 15.1. The lowest BCUT2D eigenvalue weighted by atomic mass is 10.4. The molecular formula is C14H22ClO4P. The van der Waals surface area contributed by atoms with Gasteiger partial charge in [-0.15, -0.1) is 10.2 Å². The van der Waals surface area contributed by atoms with Crippen LogP contribution >= 0.6 is 7.26 Å². The summed E-state index contributed by atoms with van der Waals surface area (Å²) in [4.78, 5) is 0. The monoisotopic (exact) mass is 320 g/mol. The second-order valence-electron chi connectivity index (χ2n) is 5.09. The molecule has 1 heterocycles. The van der Waals surface area contributed by atoms with E-state index in [0.29, 0.717) is 0 Å². The van der Waals surface area contributed by atoms with Crippen LogP contribution in [-0.4, -0.2) is 18.5 Å². The van der Waals surface area contributed by atoms with Crippen LogP contribution in [0.1, 0.15) is 32.6 Å². The molecule has 0 amide bonds. The molecule has 2 rings (SSSR count). The van der Waals surface area contributed by atoms with Crippen molar-refractivity contribution in [2.24, 2.45) is 0 Å². The molecule has 0 atom stereocenters. The summed E-state index contributed by atoms with van der Waals surface area (Å²) in [6, 6.07) is 11.4. The van der Waals surface area contributed by atoms with Gasteiger partial charge in [0.2, 0.25) is 0 Å². The first kappa shape index (κ1) is 17.8. The van der Waals surface area contributed by atoms with Crippen LogP contribution in [0.3, 0.4) is 0 Å². The highest BCUT2D eigenvalue weighted by molar-refractivity contribution is 7.83. The Morgan fingerprint density at radius 1 is 1.00 bits per heavy atom. The van der Waals surface area contributed by atoms with E-state index in [0.717, 1.165) is 0 Å². The van der Waals surface area contributed by atoms with E-state index >= 15 is 0 Å². The molecule has 20 heavy (non-hydrogen) atoms. The summed E-state index contributed by atoms with van der Waals surface area (Å²) in [6.45, 7) is 2.32. The van der Waals surface area contributed by atoms with E-state index in [1.54, 1.807) is 5.30 Å². The Morgan fingerprint density at radius 3 is 1.95 bits per heavy atom. The van der Waals surface area contributed by atoms with Crippen LogP contribution in [0.4, 0.5) is 0 Å². The molecule has 1 aromatic carbocycles. The van der Waals surface area contributed by atoms with Crippen LogP contribution in [0.2, 0.25) is 0 Å². The number of halogens is 1. The minimum Gasteiger partial charge on any atom is -0.222 e. The van der Waals surface area contributed by atoms with E-state index in [-0.39, 0.29) is 0 Å². The van der Waals surface area contributed by atoms with Gasteiger partial charge in [0, 0.05) is 7.26 Å². The average molecular weight is 321 g/mol. The first-order chi connectivity index (χ1) is 9.37. The fourth-order valence-corrected chi connectivity index (χ4v) is 7.59. The van der Waals surface area contributed by atoms with Gasteiger partial charge in [0.25, 0.3) is 0 Å². The maximum atomic E-state index is 8.49. The van der Waals surface area contributed by atoms with E-state index in [4.69, 9.17) is 18.6 Å². The summed E-state index contributed by atoms with van der Waals surface area (Å²) in [5, 5.41) is 1.70. The molecule has 6 heteroatoms. The van der Waals surface area contributed by atoms with Crippen molar-refractivity contribution in [1.82, 2.24) is 0 Å². The topological polar surface area (TPSA) is 92.2 Å². The largest absolute Gasteiger partial charge is 0.222 e. The Balaban J connectivity index is 0.000000347.